The van der Waals surface area contributed by atoms with Crippen LogP contribution in [0.5, 0.6) is 0 Å². The summed E-state index contributed by atoms with van der Waals surface area (Å²) in [7, 11) is 0. The van der Waals surface area contributed by atoms with Gasteiger partial charge in [-0.15, -0.1) is 10.2 Å². The van der Waals surface area contributed by atoms with Gasteiger partial charge >= 0.3 is 6.18 Å². The molecule has 18 heavy (non-hydrogen) atoms. The second kappa shape index (κ2) is 4.43. The Bertz CT molecular complexity index is 552. The number of aromatic amines is 1. The van der Waals surface area contributed by atoms with Crippen molar-refractivity contribution in [3.8, 4) is 0 Å². The highest BCUT2D eigenvalue weighted by atomic mass is 19.4. The number of carbonyl (C=O) groups is 1. The first-order valence-electron chi connectivity index (χ1n) is 4.69. The summed E-state index contributed by atoms with van der Waals surface area (Å²) in [5.41, 5.74) is -1.30. The molecule has 2 rings (SSSR count). The lowest BCUT2D eigenvalue weighted by atomic mass is 10.1. The lowest BCUT2D eigenvalue weighted by molar-refractivity contribution is -0.136. The highest BCUT2D eigenvalue weighted by molar-refractivity contribution is 6.01. The second-order valence-corrected chi connectivity index (χ2v) is 3.23. The van der Waals surface area contributed by atoms with Crippen molar-refractivity contribution in [3.05, 3.63) is 35.7 Å². The molecule has 0 bridgehead atoms. The number of amides is 1. The molecule has 0 saturated heterocycles. The van der Waals surface area contributed by atoms with Crippen LogP contribution < -0.4 is 5.32 Å². The topological polar surface area (TPSA) is 83.6 Å². The predicted molar refractivity (Wildman–Crippen MR) is 53.6 cm³/mol. The van der Waals surface area contributed by atoms with E-state index in [1.165, 1.54) is 12.1 Å². The Morgan fingerprint density at radius 3 is 2.61 bits per heavy atom. The zero-order valence-electron chi connectivity index (χ0n) is 8.69. The molecular formula is C9H6F3N5O. The summed E-state index contributed by atoms with van der Waals surface area (Å²) < 4.78 is 37.9. The average molecular weight is 257 g/mol. The summed E-state index contributed by atoms with van der Waals surface area (Å²) in [6.07, 6.45) is -4.55. The van der Waals surface area contributed by atoms with E-state index in [0.717, 1.165) is 12.1 Å². The smallest absolute Gasteiger partial charge is 0.319 e. The third-order valence-corrected chi connectivity index (χ3v) is 2.03. The monoisotopic (exact) mass is 257 g/mol. The molecule has 0 fully saturated rings. The molecule has 0 atom stereocenters. The van der Waals surface area contributed by atoms with Crippen molar-refractivity contribution >= 4 is 11.6 Å². The van der Waals surface area contributed by atoms with Crippen molar-refractivity contribution in [1.82, 2.24) is 20.6 Å². The molecule has 94 valence electrons. The molecule has 0 aliphatic carbocycles. The molecule has 1 aromatic heterocycles. The highest BCUT2D eigenvalue weighted by Gasteiger charge is 2.33. The summed E-state index contributed by atoms with van der Waals surface area (Å²) in [5, 5.41) is 14.0. The number of anilines is 1. The molecule has 1 heterocycles. The second-order valence-electron chi connectivity index (χ2n) is 3.23. The number of rotatable bonds is 2. The van der Waals surface area contributed by atoms with Crippen LogP contribution in [0.4, 0.5) is 18.9 Å². The Morgan fingerprint density at radius 1 is 1.28 bits per heavy atom. The van der Waals surface area contributed by atoms with E-state index < -0.39 is 17.6 Å². The maximum atomic E-state index is 12.6. The number of tetrazole rings is 1. The number of nitrogens with zero attached hydrogens (tertiary/aromatic N) is 3. The van der Waals surface area contributed by atoms with Crippen LogP contribution >= 0.6 is 0 Å². The summed E-state index contributed by atoms with van der Waals surface area (Å²) in [4.78, 5) is 11.5. The van der Waals surface area contributed by atoms with E-state index >= 15 is 0 Å². The highest BCUT2D eigenvalue weighted by Crippen LogP contribution is 2.34. The van der Waals surface area contributed by atoms with Crippen molar-refractivity contribution in [3.63, 3.8) is 0 Å². The van der Waals surface area contributed by atoms with Gasteiger partial charge in [-0.25, -0.2) is 0 Å². The Kier molecular flexibility index (Phi) is 2.96. The number of hydrogen-bond acceptors (Lipinski definition) is 4. The fraction of sp³-hybridized carbons (Fsp3) is 0.111. The first kappa shape index (κ1) is 12.0. The summed E-state index contributed by atoms with van der Waals surface area (Å²) in [6, 6.07) is 4.61. The number of H-pyrrole nitrogens is 1. The summed E-state index contributed by atoms with van der Waals surface area (Å²) >= 11 is 0. The lowest BCUT2D eigenvalue weighted by Crippen LogP contribution is -2.17. The average Bonchev–Trinajstić information content (AvgIpc) is 2.81. The van der Waals surface area contributed by atoms with Gasteiger partial charge in [0, 0.05) is 0 Å². The number of hydrogen-bond donors (Lipinski definition) is 2. The standard InChI is InChI=1S/C9H6F3N5O/c10-9(11,12)5-3-1-2-4-6(5)13-8(18)7-14-16-17-15-7/h1-4H,(H,13,18)(H,14,15,16,17). The molecule has 1 aromatic carbocycles. The molecule has 0 spiro atoms. The molecule has 0 aliphatic rings. The molecule has 2 aromatic rings. The Labute approximate surface area is 98.2 Å². The molecule has 0 saturated carbocycles. The van der Waals surface area contributed by atoms with Gasteiger partial charge in [0.2, 0.25) is 0 Å². The number of halogens is 3. The number of nitrogens with one attached hydrogen (secondary N) is 2. The third kappa shape index (κ3) is 2.44. The maximum Gasteiger partial charge on any atom is 0.418 e. The van der Waals surface area contributed by atoms with E-state index in [4.69, 9.17) is 0 Å². The largest absolute Gasteiger partial charge is 0.418 e. The van der Waals surface area contributed by atoms with Gasteiger partial charge in [0.05, 0.1) is 11.3 Å². The lowest BCUT2D eigenvalue weighted by Gasteiger charge is -2.12. The normalized spacial score (nSPS) is 11.3. The van der Waals surface area contributed by atoms with Gasteiger partial charge in [0.1, 0.15) is 0 Å². The molecule has 2 N–H and O–H groups in total. The number of aromatic nitrogens is 4. The van der Waals surface area contributed by atoms with Crippen molar-refractivity contribution < 1.29 is 18.0 Å². The Hall–Kier alpha value is -2.45. The van der Waals surface area contributed by atoms with Crippen LogP contribution in [0.1, 0.15) is 16.2 Å². The summed E-state index contributed by atoms with van der Waals surface area (Å²) in [6.45, 7) is 0. The molecule has 6 nitrogen and oxygen atoms in total. The quantitative estimate of drug-likeness (QED) is 0.853. The van der Waals surface area contributed by atoms with Crippen molar-refractivity contribution in [2.45, 2.75) is 6.18 Å². The minimum Gasteiger partial charge on any atom is -0.319 e. The van der Waals surface area contributed by atoms with Crippen molar-refractivity contribution in [2.75, 3.05) is 5.32 Å². The van der Waals surface area contributed by atoms with E-state index in [-0.39, 0.29) is 11.5 Å². The molecular weight excluding hydrogens is 251 g/mol. The first-order valence-corrected chi connectivity index (χ1v) is 4.69. The molecule has 0 unspecified atom stereocenters. The van der Waals surface area contributed by atoms with Gasteiger partial charge < -0.3 is 5.32 Å². The first-order chi connectivity index (χ1) is 8.48. The fourth-order valence-electron chi connectivity index (χ4n) is 1.28. The van der Waals surface area contributed by atoms with Gasteiger partial charge in [-0.3, -0.25) is 4.79 Å². The van der Waals surface area contributed by atoms with Gasteiger partial charge in [0.15, 0.2) is 0 Å². The SMILES string of the molecule is O=C(Nc1ccccc1C(F)(F)F)c1nn[nH]n1. The van der Waals surface area contributed by atoms with E-state index in [1.807, 2.05) is 5.21 Å². The predicted octanol–water partition coefficient (Wildman–Crippen LogP) is 1.47. The number of carbonyl (C=O) groups excluding carboxylic acids is 1. The molecule has 1 amide bonds. The Morgan fingerprint density at radius 2 is 2.00 bits per heavy atom. The molecule has 0 radical (unpaired) electrons. The van der Waals surface area contributed by atoms with Crippen LogP contribution in [0.15, 0.2) is 24.3 Å². The van der Waals surface area contributed by atoms with Crippen LogP contribution in [0.25, 0.3) is 0 Å². The van der Waals surface area contributed by atoms with Crippen molar-refractivity contribution in [2.24, 2.45) is 0 Å². The van der Waals surface area contributed by atoms with Crippen LogP contribution in [-0.2, 0) is 6.18 Å². The molecule has 9 heteroatoms. The number of alkyl halides is 3. The maximum absolute atomic E-state index is 12.6. The van der Waals surface area contributed by atoms with E-state index in [0.29, 0.717) is 0 Å². The van der Waals surface area contributed by atoms with Gasteiger partial charge in [-0.05, 0) is 17.3 Å². The van der Waals surface area contributed by atoms with E-state index in [2.05, 4.69) is 20.7 Å². The van der Waals surface area contributed by atoms with Crippen LogP contribution in [0, 0.1) is 0 Å². The minimum atomic E-state index is -4.55. The van der Waals surface area contributed by atoms with Crippen LogP contribution in [0.2, 0.25) is 0 Å². The Balaban J connectivity index is 2.27. The number of para-hydroxylation sites is 1. The van der Waals surface area contributed by atoms with Gasteiger partial charge in [-0.2, -0.15) is 18.4 Å². The van der Waals surface area contributed by atoms with E-state index in [9.17, 15) is 18.0 Å². The summed E-state index contributed by atoms with van der Waals surface area (Å²) in [5.74, 6) is -1.22. The van der Waals surface area contributed by atoms with Gasteiger partial charge in [0.25, 0.3) is 11.7 Å². The number of benzene rings is 1. The zero-order valence-corrected chi connectivity index (χ0v) is 8.69. The van der Waals surface area contributed by atoms with Crippen LogP contribution in [-0.4, -0.2) is 26.5 Å². The van der Waals surface area contributed by atoms with Gasteiger partial charge in [-0.1, -0.05) is 12.1 Å². The minimum absolute atomic E-state index is 0.341. The van der Waals surface area contributed by atoms with Crippen LogP contribution in [0.3, 0.4) is 0 Å². The van der Waals surface area contributed by atoms with E-state index in [1.54, 1.807) is 0 Å². The van der Waals surface area contributed by atoms with Crippen molar-refractivity contribution in [1.29, 1.82) is 0 Å². The third-order valence-electron chi connectivity index (χ3n) is 2.03. The zero-order chi connectivity index (χ0) is 13.2. The molecule has 0 aliphatic heterocycles. The fourth-order valence-corrected chi connectivity index (χ4v) is 1.28.